The number of quaternary nitrogens is 1. The second kappa shape index (κ2) is 6.33. The Kier molecular flexibility index (Phi) is 5.67. The topological polar surface area (TPSA) is 23.5 Å². The molecule has 1 heterocycles. The summed E-state index contributed by atoms with van der Waals surface area (Å²) in [6.07, 6.45) is 6.34. The highest BCUT2D eigenvalue weighted by Crippen LogP contribution is 2.46. The van der Waals surface area contributed by atoms with Crippen LogP contribution in [0.25, 0.3) is 0 Å². The molecule has 0 spiro atoms. The quantitative estimate of drug-likeness (QED) is 0.744. The van der Waals surface area contributed by atoms with Crippen molar-refractivity contribution in [1.82, 2.24) is 5.06 Å². The summed E-state index contributed by atoms with van der Waals surface area (Å²) in [6.45, 7) is 12.4. The van der Waals surface area contributed by atoms with Crippen LogP contribution in [-0.4, -0.2) is 52.5 Å². The Labute approximate surface area is 126 Å². The molecule has 0 aliphatic carbocycles. The molecule has 0 aromatic carbocycles. The molecule has 0 amide bonds. The summed E-state index contributed by atoms with van der Waals surface area (Å²) in [7, 11) is 4.70. The molecule has 1 saturated heterocycles. The molecule has 0 bridgehead atoms. The second-order valence-electron chi connectivity index (χ2n) is 7.33. The zero-order chi connectivity index (χ0) is 15.6. The third-order valence-corrected chi connectivity index (χ3v) is 6.57. The standard InChI is InChI=1S/C17H37N2O/c1-8-16(9-2)13-15(19(6,7)12-5)14-17(10-3,11-4)18(16)20/h15,20H,8-14H2,1-7H3/q+1. The lowest BCUT2D eigenvalue weighted by molar-refractivity contribution is -0.917. The van der Waals surface area contributed by atoms with Crippen LogP contribution in [0, 0.1) is 0 Å². The van der Waals surface area contributed by atoms with Crippen molar-refractivity contribution < 1.29 is 9.69 Å². The molecule has 3 heteroatoms. The van der Waals surface area contributed by atoms with E-state index in [0.717, 1.165) is 49.6 Å². The van der Waals surface area contributed by atoms with Crippen molar-refractivity contribution in [2.75, 3.05) is 20.6 Å². The van der Waals surface area contributed by atoms with E-state index in [0.29, 0.717) is 6.04 Å². The largest absolute Gasteiger partial charge is 0.326 e. The Morgan fingerprint density at radius 3 is 1.50 bits per heavy atom. The van der Waals surface area contributed by atoms with Gasteiger partial charge in [0.15, 0.2) is 0 Å². The summed E-state index contributed by atoms with van der Waals surface area (Å²) in [5.41, 5.74) is -0.0841. The van der Waals surface area contributed by atoms with Crippen molar-refractivity contribution in [3.8, 4) is 0 Å². The van der Waals surface area contributed by atoms with Gasteiger partial charge in [-0.05, 0) is 32.6 Å². The van der Waals surface area contributed by atoms with Crippen LogP contribution in [0.5, 0.6) is 0 Å². The van der Waals surface area contributed by atoms with Crippen molar-refractivity contribution in [3.63, 3.8) is 0 Å². The number of hydroxylamine groups is 2. The van der Waals surface area contributed by atoms with Gasteiger partial charge < -0.3 is 9.69 Å². The average molecular weight is 285 g/mol. The summed E-state index contributed by atoms with van der Waals surface area (Å²) < 4.78 is 1.07. The predicted octanol–water partition coefficient (Wildman–Crippen LogP) is 4.05. The first-order valence-electron chi connectivity index (χ1n) is 8.59. The molecule has 0 radical (unpaired) electrons. The second-order valence-corrected chi connectivity index (χ2v) is 7.33. The van der Waals surface area contributed by atoms with E-state index in [9.17, 15) is 5.21 Å². The molecule has 1 aliphatic rings. The zero-order valence-corrected chi connectivity index (χ0v) is 14.9. The highest BCUT2D eigenvalue weighted by Gasteiger charge is 2.54. The molecule has 20 heavy (non-hydrogen) atoms. The Balaban J connectivity index is 3.24. The molecule has 0 aromatic heterocycles. The minimum atomic E-state index is -0.0420. The van der Waals surface area contributed by atoms with Crippen molar-refractivity contribution >= 4 is 0 Å². The van der Waals surface area contributed by atoms with E-state index in [4.69, 9.17) is 0 Å². The Morgan fingerprint density at radius 1 is 0.900 bits per heavy atom. The molecule has 0 atom stereocenters. The van der Waals surface area contributed by atoms with Gasteiger partial charge in [0.2, 0.25) is 0 Å². The van der Waals surface area contributed by atoms with Crippen molar-refractivity contribution in [3.05, 3.63) is 0 Å². The van der Waals surface area contributed by atoms with E-state index in [1.54, 1.807) is 5.06 Å². The van der Waals surface area contributed by atoms with E-state index in [-0.39, 0.29) is 11.1 Å². The highest BCUT2D eigenvalue weighted by atomic mass is 16.5. The smallest absolute Gasteiger partial charge is 0.0923 e. The Bertz CT molecular complexity index is 284. The number of hydrogen-bond donors (Lipinski definition) is 1. The molecule has 0 unspecified atom stereocenters. The monoisotopic (exact) mass is 285 g/mol. The van der Waals surface area contributed by atoms with Gasteiger partial charge in [-0.2, -0.15) is 5.06 Å². The molecule has 120 valence electrons. The van der Waals surface area contributed by atoms with Crippen LogP contribution < -0.4 is 0 Å². The van der Waals surface area contributed by atoms with E-state index in [1.807, 2.05) is 0 Å². The summed E-state index contributed by atoms with van der Waals surface area (Å²) in [5, 5.41) is 12.8. The number of piperidine rings is 1. The first kappa shape index (κ1) is 17.9. The van der Waals surface area contributed by atoms with E-state index in [1.165, 1.54) is 0 Å². The Hall–Kier alpha value is -0.120. The lowest BCUT2D eigenvalue weighted by atomic mass is 9.70. The summed E-state index contributed by atoms with van der Waals surface area (Å²) in [4.78, 5) is 0. The molecule has 1 N–H and O–H groups in total. The lowest BCUT2D eigenvalue weighted by Crippen LogP contribution is -2.69. The molecular formula is C17H37N2O+. The van der Waals surface area contributed by atoms with E-state index >= 15 is 0 Å². The van der Waals surface area contributed by atoms with Crippen LogP contribution in [0.3, 0.4) is 0 Å². The van der Waals surface area contributed by atoms with Gasteiger partial charge in [0.05, 0.1) is 37.8 Å². The van der Waals surface area contributed by atoms with Gasteiger partial charge >= 0.3 is 0 Å². The number of hydrogen-bond acceptors (Lipinski definition) is 2. The first-order valence-corrected chi connectivity index (χ1v) is 8.59. The van der Waals surface area contributed by atoms with Gasteiger partial charge in [0.25, 0.3) is 0 Å². The Morgan fingerprint density at radius 2 is 1.25 bits per heavy atom. The van der Waals surface area contributed by atoms with Gasteiger partial charge in [-0.3, -0.25) is 0 Å². The fourth-order valence-corrected chi connectivity index (χ4v) is 4.05. The molecule has 1 rings (SSSR count). The van der Waals surface area contributed by atoms with Crippen LogP contribution >= 0.6 is 0 Å². The summed E-state index contributed by atoms with van der Waals surface area (Å²) in [5.74, 6) is 0. The third-order valence-electron chi connectivity index (χ3n) is 6.57. The molecular weight excluding hydrogens is 248 g/mol. The maximum Gasteiger partial charge on any atom is 0.0923 e. The zero-order valence-electron chi connectivity index (χ0n) is 14.9. The van der Waals surface area contributed by atoms with Gasteiger partial charge in [0, 0.05) is 12.8 Å². The molecule has 0 aromatic rings. The van der Waals surface area contributed by atoms with Crippen LogP contribution in [0.2, 0.25) is 0 Å². The van der Waals surface area contributed by atoms with Gasteiger partial charge in [-0.1, -0.05) is 27.7 Å². The molecule has 0 saturated carbocycles. The van der Waals surface area contributed by atoms with Crippen LogP contribution in [0.15, 0.2) is 0 Å². The predicted molar refractivity (Wildman–Crippen MR) is 85.9 cm³/mol. The van der Waals surface area contributed by atoms with Crippen molar-refractivity contribution in [2.24, 2.45) is 0 Å². The highest BCUT2D eigenvalue weighted by molar-refractivity contribution is 5.03. The van der Waals surface area contributed by atoms with Crippen LogP contribution in [-0.2, 0) is 0 Å². The molecule has 3 nitrogen and oxygen atoms in total. The first-order chi connectivity index (χ1) is 9.27. The van der Waals surface area contributed by atoms with Crippen molar-refractivity contribution in [2.45, 2.75) is 90.3 Å². The number of nitrogens with zero attached hydrogens (tertiary/aromatic N) is 2. The average Bonchev–Trinajstić information content (AvgIpc) is 2.48. The minimum Gasteiger partial charge on any atom is -0.326 e. The molecule has 1 fully saturated rings. The van der Waals surface area contributed by atoms with Crippen LogP contribution in [0.4, 0.5) is 0 Å². The van der Waals surface area contributed by atoms with Gasteiger partial charge in [-0.25, -0.2) is 0 Å². The SMILES string of the molecule is CCC1(CC)CC([N+](C)(C)CC)CC(CC)(CC)N1O. The van der Waals surface area contributed by atoms with Crippen molar-refractivity contribution in [1.29, 1.82) is 0 Å². The van der Waals surface area contributed by atoms with Gasteiger partial charge in [-0.15, -0.1) is 0 Å². The lowest BCUT2D eigenvalue weighted by Gasteiger charge is -2.58. The number of rotatable bonds is 6. The fourth-order valence-electron chi connectivity index (χ4n) is 4.05. The van der Waals surface area contributed by atoms with E-state index < -0.39 is 0 Å². The maximum absolute atomic E-state index is 11.0. The summed E-state index contributed by atoms with van der Waals surface area (Å²) >= 11 is 0. The van der Waals surface area contributed by atoms with E-state index in [2.05, 4.69) is 48.7 Å². The maximum atomic E-state index is 11.0. The minimum absolute atomic E-state index is 0.0420. The fraction of sp³-hybridized carbons (Fsp3) is 1.00. The van der Waals surface area contributed by atoms with Gasteiger partial charge in [0.1, 0.15) is 0 Å². The van der Waals surface area contributed by atoms with Crippen LogP contribution in [0.1, 0.15) is 73.1 Å². The molecule has 1 aliphatic heterocycles. The normalized spacial score (nSPS) is 24.0. The summed E-state index contributed by atoms with van der Waals surface area (Å²) in [6, 6.07) is 0.642. The third kappa shape index (κ3) is 2.77.